The number of benzene rings is 2. The molecule has 0 unspecified atom stereocenters. The van der Waals surface area contributed by atoms with Crippen LogP contribution in [0, 0.1) is 0 Å². The molecule has 0 aliphatic heterocycles. The Bertz CT molecular complexity index is 862. The number of hydrogen-bond donors (Lipinski definition) is 2. The van der Waals surface area contributed by atoms with Crippen LogP contribution in [0.25, 0.3) is 0 Å². The van der Waals surface area contributed by atoms with Gasteiger partial charge in [-0.2, -0.15) is 0 Å². The molecular formula is C23H27NO7. The SMILES string of the molecule is CC(C)(C)OC(=O)N[C@H](C(=O)O)[C@H](OCc1ccccc1)C(=O)OCc1ccccc1. The highest BCUT2D eigenvalue weighted by Gasteiger charge is 2.38. The maximum Gasteiger partial charge on any atom is 0.408 e. The van der Waals surface area contributed by atoms with Crippen LogP contribution in [0.3, 0.4) is 0 Å². The Hall–Kier alpha value is -3.39. The first-order valence-corrected chi connectivity index (χ1v) is 9.74. The smallest absolute Gasteiger partial charge is 0.408 e. The van der Waals surface area contributed by atoms with Crippen molar-refractivity contribution in [1.82, 2.24) is 5.32 Å². The number of nitrogens with one attached hydrogen (secondary N) is 1. The number of rotatable bonds is 9. The molecule has 8 heteroatoms. The van der Waals surface area contributed by atoms with Crippen molar-refractivity contribution in [3.05, 3.63) is 71.8 Å². The Labute approximate surface area is 181 Å². The molecule has 0 spiro atoms. The van der Waals surface area contributed by atoms with Crippen molar-refractivity contribution in [3.63, 3.8) is 0 Å². The normalized spacial score (nSPS) is 13.0. The fourth-order valence-corrected chi connectivity index (χ4v) is 2.57. The monoisotopic (exact) mass is 429 g/mol. The lowest BCUT2D eigenvalue weighted by molar-refractivity contribution is -0.167. The van der Waals surface area contributed by atoms with E-state index in [0.717, 1.165) is 11.1 Å². The number of carboxylic acid groups (broad SMARTS) is 1. The topological polar surface area (TPSA) is 111 Å². The van der Waals surface area contributed by atoms with Gasteiger partial charge in [-0.15, -0.1) is 0 Å². The summed E-state index contributed by atoms with van der Waals surface area (Å²) in [6.45, 7) is 4.80. The largest absolute Gasteiger partial charge is 0.480 e. The minimum atomic E-state index is -1.71. The second-order valence-corrected chi connectivity index (χ2v) is 7.77. The Kier molecular flexibility index (Phi) is 8.57. The van der Waals surface area contributed by atoms with Crippen LogP contribution in [0.4, 0.5) is 4.79 Å². The molecule has 2 aromatic rings. The predicted molar refractivity (Wildman–Crippen MR) is 112 cm³/mol. The number of esters is 1. The lowest BCUT2D eigenvalue weighted by atomic mass is 10.1. The van der Waals surface area contributed by atoms with Crippen LogP contribution in [0.15, 0.2) is 60.7 Å². The van der Waals surface area contributed by atoms with Crippen molar-refractivity contribution >= 4 is 18.0 Å². The number of carbonyl (C=O) groups is 3. The standard InChI is InChI=1S/C23H27NO7/c1-23(2,3)31-22(28)24-18(20(25)26)19(29-14-16-10-6-4-7-11-16)21(27)30-15-17-12-8-5-9-13-17/h4-13,18-19H,14-15H2,1-3H3,(H,24,28)(H,25,26)/t18-,19-/m0/s1. The van der Waals surface area contributed by atoms with Gasteiger partial charge in [-0.05, 0) is 31.9 Å². The van der Waals surface area contributed by atoms with Gasteiger partial charge in [0.05, 0.1) is 6.61 Å². The Morgan fingerprint density at radius 2 is 1.42 bits per heavy atom. The van der Waals surface area contributed by atoms with Gasteiger partial charge in [-0.25, -0.2) is 14.4 Å². The van der Waals surface area contributed by atoms with Crippen LogP contribution in [0.1, 0.15) is 31.9 Å². The van der Waals surface area contributed by atoms with Gasteiger partial charge in [0.1, 0.15) is 12.2 Å². The average Bonchev–Trinajstić information content (AvgIpc) is 2.71. The highest BCUT2D eigenvalue weighted by Crippen LogP contribution is 2.13. The number of amides is 1. The third kappa shape index (κ3) is 8.47. The number of ether oxygens (including phenoxy) is 3. The first-order chi connectivity index (χ1) is 14.7. The molecule has 0 heterocycles. The molecule has 0 saturated heterocycles. The zero-order chi connectivity index (χ0) is 22.9. The molecule has 8 nitrogen and oxygen atoms in total. The summed E-state index contributed by atoms with van der Waals surface area (Å²) in [4.78, 5) is 36.8. The molecule has 0 saturated carbocycles. The number of aliphatic carboxylic acids is 1. The van der Waals surface area contributed by atoms with Crippen LogP contribution in [-0.4, -0.2) is 40.9 Å². The summed E-state index contributed by atoms with van der Waals surface area (Å²) in [5, 5.41) is 11.9. The number of carboxylic acids is 1. The lowest BCUT2D eigenvalue weighted by Gasteiger charge is -2.26. The molecule has 31 heavy (non-hydrogen) atoms. The van der Waals surface area contributed by atoms with Gasteiger partial charge in [0.2, 0.25) is 0 Å². The summed E-state index contributed by atoms with van der Waals surface area (Å²) in [6, 6.07) is 16.1. The molecule has 1 amide bonds. The van der Waals surface area contributed by atoms with Gasteiger partial charge in [-0.1, -0.05) is 60.7 Å². The van der Waals surface area contributed by atoms with Crippen molar-refractivity contribution in [2.75, 3.05) is 0 Å². The van der Waals surface area contributed by atoms with E-state index in [1.165, 1.54) is 0 Å². The third-order valence-electron chi connectivity index (χ3n) is 3.97. The zero-order valence-electron chi connectivity index (χ0n) is 17.7. The Balaban J connectivity index is 2.16. The quantitative estimate of drug-likeness (QED) is 0.588. The number of alkyl carbamates (subject to hydrolysis) is 1. The molecule has 0 fully saturated rings. The van der Waals surface area contributed by atoms with Crippen LogP contribution in [0.5, 0.6) is 0 Å². The van der Waals surface area contributed by atoms with E-state index < -0.39 is 35.8 Å². The lowest BCUT2D eigenvalue weighted by Crippen LogP contribution is -2.54. The summed E-state index contributed by atoms with van der Waals surface area (Å²) in [5.74, 6) is -2.37. The molecule has 2 N–H and O–H groups in total. The fourth-order valence-electron chi connectivity index (χ4n) is 2.57. The zero-order valence-corrected chi connectivity index (χ0v) is 17.7. The van der Waals surface area contributed by atoms with Crippen molar-refractivity contribution in [1.29, 1.82) is 0 Å². The molecule has 2 atom stereocenters. The molecule has 0 aliphatic rings. The van der Waals surface area contributed by atoms with E-state index in [9.17, 15) is 19.5 Å². The van der Waals surface area contributed by atoms with Gasteiger partial charge in [0.15, 0.2) is 12.1 Å². The average molecular weight is 429 g/mol. The minimum Gasteiger partial charge on any atom is -0.480 e. The van der Waals surface area contributed by atoms with Crippen LogP contribution >= 0.6 is 0 Å². The Morgan fingerprint density at radius 3 is 1.90 bits per heavy atom. The number of hydrogen-bond acceptors (Lipinski definition) is 6. The van der Waals surface area contributed by atoms with Gasteiger partial charge < -0.3 is 24.6 Å². The summed E-state index contributed by atoms with van der Waals surface area (Å²) >= 11 is 0. The van der Waals surface area contributed by atoms with E-state index >= 15 is 0 Å². The van der Waals surface area contributed by atoms with Crippen molar-refractivity contribution < 1.29 is 33.7 Å². The molecule has 0 bridgehead atoms. The molecular weight excluding hydrogens is 402 g/mol. The summed E-state index contributed by atoms with van der Waals surface area (Å²) in [6.07, 6.45) is -2.57. The third-order valence-corrected chi connectivity index (χ3v) is 3.97. The van der Waals surface area contributed by atoms with E-state index in [-0.39, 0.29) is 13.2 Å². The van der Waals surface area contributed by atoms with Crippen molar-refractivity contribution in [2.45, 2.75) is 51.7 Å². The summed E-state index contributed by atoms with van der Waals surface area (Å²) < 4.78 is 16.0. The number of carbonyl (C=O) groups excluding carboxylic acids is 2. The molecule has 0 aliphatic carbocycles. The van der Waals surface area contributed by atoms with E-state index in [4.69, 9.17) is 14.2 Å². The van der Waals surface area contributed by atoms with Gasteiger partial charge in [0, 0.05) is 0 Å². The van der Waals surface area contributed by atoms with E-state index in [1.54, 1.807) is 69.3 Å². The molecule has 0 radical (unpaired) electrons. The maximum atomic E-state index is 12.7. The molecule has 2 rings (SSSR count). The molecule has 0 aromatic heterocycles. The summed E-state index contributed by atoms with van der Waals surface area (Å²) in [7, 11) is 0. The summed E-state index contributed by atoms with van der Waals surface area (Å²) in [5.41, 5.74) is 0.607. The van der Waals surface area contributed by atoms with Gasteiger partial charge >= 0.3 is 18.0 Å². The minimum absolute atomic E-state index is 0.0499. The van der Waals surface area contributed by atoms with E-state index in [0.29, 0.717) is 0 Å². The Morgan fingerprint density at radius 1 is 0.903 bits per heavy atom. The first-order valence-electron chi connectivity index (χ1n) is 9.74. The second kappa shape index (κ2) is 11.1. The fraction of sp³-hybridized carbons (Fsp3) is 0.348. The van der Waals surface area contributed by atoms with Crippen molar-refractivity contribution in [3.8, 4) is 0 Å². The highest BCUT2D eigenvalue weighted by atomic mass is 16.6. The second-order valence-electron chi connectivity index (χ2n) is 7.77. The van der Waals surface area contributed by atoms with Crippen LogP contribution in [0.2, 0.25) is 0 Å². The molecule has 166 valence electrons. The maximum absolute atomic E-state index is 12.7. The van der Waals surface area contributed by atoms with Crippen LogP contribution < -0.4 is 5.32 Å². The van der Waals surface area contributed by atoms with E-state index in [2.05, 4.69) is 5.32 Å². The van der Waals surface area contributed by atoms with Crippen LogP contribution in [-0.2, 0) is 37.0 Å². The first kappa shape index (κ1) is 23.9. The van der Waals surface area contributed by atoms with Crippen molar-refractivity contribution in [2.24, 2.45) is 0 Å². The van der Waals surface area contributed by atoms with Gasteiger partial charge in [0.25, 0.3) is 0 Å². The predicted octanol–water partition coefficient (Wildman–Crippen LogP) is 3.29. The van der Waals surface area contributed by atoms with E-state index in [1.807, 2.05) is 12.1 Å². The molecule has 2 aromatic carbocycles. The highest BCUT2D eigenvalue weighted by molar-refractivity contribution is 5.88. The van der Waals surface area contributed by atoms with Gasteiger partial charge in [-0.3, -0.25) is 0 Å².